The van der Waals surface area contributed by atoms with Crippen LogP contribution in [-0.2, 0) is 20.0 Å². The molecule has 6 heterocycles. The first-order valence-electron chi connectivity index (χ1n) is 18.3. The van der Waals surface area contributed by atoms with Crippen molar-refractivity contribution < 1.29 is 9.18 Å². The average molecular weight is 725 g/mol. The van der Waals surface area contributed by atoms with Gasteiger partial charge >= 0.3 is 0 Å². The molecule has 3 N–H and O–H groups in total. The number of fused-ring (bicyclic) bond motifs is 1. The predicted octanol–water partition coefficient (Wildman–Crippen LogP) is 6.18. The molecule has 0 bridgehead atoms. The van der Waals surface area contributed by atoms with Gasteiger partial charge < -0.3 is 20.5 Å². The van der Waals surface area contributed by atoms with Crippen LogP contribution in [0.2, 0.25) is 0 Å². The molecule has 0 aliphatic carbocycles. The number of halogens is 1. The Balaban J connectivity index is 0.00000203. The van der Waals surface area contributed by atoms with E-state index in [9.17, 15) is 14.0 Å². The Labute approximate surface area is 311 Å². The second-order valence-corrected chi connectivity index (χ2v) is 13.3. The molecule has 0 atom stereocenters. The van der Waals surface area contributed by atoms with Gasteiger partial charge in [0.15, 0.2) is 11.5 Å². The molecule has 0 radical (unpaired) electrons. The third kappa shape index (κ3) is 6.47. The topological polar surface area (TPSA) is 129 Å². The molecule has 1 saturated heterocycles. The fourth-order valence-corrected chi connectivity index (χ4v) is 7.42. The van der Waals surface area contributed by atoms with Crippen molar-refractivity contribution in [2.45, 2.75) is 26.8 Å². The highest BCUT2D eigenvalue weighted by molar-refractivity contribution is 6.10. The Morgan fingerprint density at radius 2 is 1.69 bits per heavy atom. The van der Waals surface area contributed by atoms with E-state index in [1.54, 1.807) is 24.1 Å². The molecule has 9 rings (SSSR count). The molecule has 4 aromatic heterocycles. The summed E-state index contributed by atoms with van der Waals surface area (Å²) in [6.07, 6.45) is 3.91. The normalized spacial score (nSPS) is 14.4. The Bertz CT molecular complexity index is 2520. The van der Waals surface area contributed by atoms with Crippen LogP contribution >= 0.6 is 0 Å². The molecule has 274 valence electrons. The Kier molecular flexibility index (Phi) is 9.38. The largest absolute Gasteiger partial charge is 0.369 e. The zero-order valence-electron chi connectivity index (χ0n) is 30.4. The number of carbonyl (C=O) groups excluding carboxylic acids is 1. The lowest BCUT2D eigenvalue weighted by Crippen LogP contribution is -2.45. The summed E-state index contributed by atoms with van der Waals surface area (Å²) < 4.78 is 17.5. The van der Waals surface area contributed by atoms with Crippen molar-refractivity contribution in [1.82, 2.24) is 39.5 Å². The quantitative estimate of drug-likeness (QED) is 0.178. The van der Waals surface area contributed by atoms with Gasteiger partial charge in [0.2, 0.25) is 5.95 Å². The van der Waals surface area contributed by atoms with Gasteiger partial charge in [0.05, 0.1) is 5.56 Å². The van der Waals surface area contributed by atoms with Crippen LogP contribution in [0.15, 0.2) is 96.1 Å². The van der Waals surface area contributed by atoms with E-state index in [1.807, 2.05) is 44.2 Å². The number of amides is 1. The summed E-state index contributed by atoms with van der Waals surface area (Å²) in [6, 6.07) is 25.1. The molecule has 54 heavy (non-hydrogen) atoms. The van der Waals surface area contributed by atoms with E-state index >= 15 is 0 Å². The second kappa shape index (κ2) is 14.6. The van der Waals surface area contributed by atoms with Crippen LogP contribution in [-0.4, -0.2) is 72.8 Å². The maximum absolute atomic E-state index is 14.3. The van der Waals surface area contributed by atoms with Crippen LogP contribution in [0.4, 0.5) is 21.7 Å². The number of nitrogens with one attached hydrogen (secondary N) is 3. The minimum atomic E-state index is -0.424. The van der Waals surface area contributed by atoms with Crippen LogP contribution in [0.5, 0.6) is 0 Å². The number of hydrogen-bond donors (Lipinski definition) is 3. The monoisotopic (exact) mass is 724 g/mol. The number of H-pyrrole nitrogens is 1. The number of hydrogen-bond acceptors (Lipinski definition) is 8. The van der Waals surface area contributed by atoms with E-state index in [-0.39, 0.29) is 11.5 Å². The molecular formula is C41H41FN10O2. The van der Waals surface area contributed by atoms with Gasteiger partial charge in [-0.15, -0.1) is 0 Å². The summed E-state index contributed by atoms with van der Waals surface area (Å²) in [7, 11) is 1.69. The highest BCUT2D eigenvalue weighted by Gasteiger charge is 2.24. The van der Waals surface area contributed by atoms with Crippen molar-refractivity contribution in [1.29, 1.82) is 0 Å². The molecule has 7 aromatic rings. The summed E-state index contributed by atoms with van der Waals surface area (Å²) in [6.45, 7) is 9.06. The maximum atomic E-state index is 14.3. The van der Waals surface area contributed by atoms with Crippen molar-refractivity contribution in [3.8, 4) is 17.1 Å². The van der Waals surface area contributed by atoms with Gasteiger partial charge in [-0.1, -0.05) is 44.2 Å². The summed E-state index contributed by atoms with van der Waals surface area (Å²) in [4.78, 5) is 47.1. The summed E-state index contributed by atoms with van der Waals surface area (Å²) >= 11 is 0. The number of nitrogens with zero attached hydrogens (tertiary/aromatic N) is 7. The highest BCUT2D eigenvalue weighted by Crippen LogP contribution is 2.35. The van der Waals surface area contributed by atoms with E-state index in [4.69, 9.17) is 0 Å². The maximum Gasteiger partial charge on any atom is 0.277 e. The average Bonchev–Trinajstić information content (AvgIpc) is 3.62. The molecule has 13 heteroatoms. The first kappa shape index (κ1) is 34.7. The lowest BCUT2D eigenvalue weighted by molar-refractivity contribution is 0.0956. The van der Waals surface area contributed by atoms with E-state index < -0.39 is 5.82 Å². The first-order valence-corrected chi connectivity index (χ1v) is 18.3. The highest BCUT2D eigenvalue weighted by atomic mass is 19.1. The Morgan fingerprint density at radius 1 is 0.907 bits per heavy atom. The van der Waals surface area contributed by atoms with Gasteiger partial charge in [0.1, 0.15) is 11.2 Å². The Hall–Kier alpha value is -6.34. The van der Waals surface area contributed by atoms with Gasteiger partial charge in [-0.05, 0) is 71.6 Å². The number of pyridine rings is 1. The molecule has 2 aliphatic heterocycles. The number of rotatable bonds is 7. The van der Waals surface area contributed by atoms with Crippen molar-refractivity contribution in [2.75, 3.05) is 42.9 Å². The fraction of sp³-hybridized carbons (Fsp3) is 0.244. The molecule has 3 aromatic carbocycles. The lowest BCUT2D eigenvalue weighted by Gasteiger charge is -2.36. The van der Waals surface area contributed by atoms with Gasteiger partial charge in [-0.25, -0.2) is 23.7 Å². The molecule has 0 unspecified atom stereocenters. The van der Waals surface area contributed by atoms with Crippen LogP contribution in [0.3, 0.4) is 0 Å². The smallest absolute Gasteiger partial charge is 0.277 e. The van der Waals surface area contributed by atoms with Gasteiger partial charge in [0, 0.05) is 86.7 Å². The first-order chi connectivity index (χ1) is 26.4. The van der Waals surface area contributed by atoms with Gasteiger partial charge in [0.25, 0.3) is 11.5 Å². The van der Waals surface area contributed by atoms with Crippen molar-refractivity contribution in [2.24, 2.45) is 7.05 Å². The van der Waals surface area contributed by atoms with E-state index in [0.29, 0.717) is 46.8 Å². The Morgan fingerprint density at radius 3 is 2.43 bits per heavy atom. The van der Waals surface area contributed by atoms with Gasteiger partial charge in [-0.3, -0.25) is 14.5 Å². The van der Waals surface area contributed by atoms with Crippen LogP contribution in [0, 0.1) is 5.82 Å². The summed E-state index contributed by atoms with van der Waals surface area (Å²) in [5.74, 6) is 0.332. The molecule has 0 saturated carbocycles. The molecule has 0 spiro atoms. The van der Waals surface area contributed by atoms with E-state index in [1.165, 1.54) is 22.4 Å². The van der Waals surface area contributed by atoms with Crippen LogP contribution < -0.4 is 21.1 Å². The molecular weight excluding hydrogens is 684 g/mol. The minimum Gasteiger partial charge on any atom is -0.369 e. The van der Waals surface area contributed by atoms with Crippen LogP contribution in [0.1, 0.15) is 35.3 Å². The molecule has 2 aliphatic rings. The predicted molar refractivity (Wildman–Crippen MR) is 210 cm³/mol. The van der Waals surface area contributed by atoms with Crippen molar-refractivity contribution in [3.05, 3.63) is 124 Å². The summed E-state index contributed by atoms with van der Waals surface area (Å²) in [5, 5.41) is 7.40. The third-order valence-electron chi connectivity index (χ3n) is 10.0. The second-order valence-electron chi connectivity index (χ2n) is 13.3. The zero-order valence-corrected chi connectivity index (χ0v) is 30.4. The number of aromatic nitrogens is 6. The molecule has 1 fully saturated rings. The van der Waals surface area contributed by atoms with E-state index in [2.05, 4.69) is 76.8 Å². The molecule has 12 nitrogen and oxygen atoms in total. The SMILES string of the molecule is CC.Cn1c(=O)c2cnc(Nc3ccc(N4CCN(Cc5ccc(-c6[nH]c7cc(F)cc8c7c6CCNC8=O)cc5)CC4)cc3)nc2n1-c1ccccn1. The lowest BCUT2D eigenvalue weighted by atomic mass is 9.99. The standard InChI is InChI=1S/C39H35FN10O2.C2H6/c1-47-38(52)31-22-43-39(46-36(31)50(47)33-4-2-3-14-41-33)44-27-9-11-28(12-10-27)49-18-16-48(17-19-49)23-24-5-7-25(8-6-24)35-29-13-15-42-37(51)30-20-26(40)21-32(45-35)34(29)30;1-2/h2-12,14,20-22,45H,13,15-19,23H2,1H3,(H,42,51)(H,43,44,46);1-2H3. The van der Waals surface area contributed by atoms with Gasteiger partial charge in [-0.2, -0.15) is 4.98 Å². The zero-order chi connectivity index (χ0) is 37.3. The number of benzene rings is 3. The number of carbonyl (C=O) groups is 1. The van der Waals surface area contributed by atoms with Crippen molar-refractivity contribution in [3.63, 3.8) is 0 Å². The summed E-state index contributed by atoms with van der Waals surface area (Å²) in [5.41, 5.74) is 7.57. The van der Waals surface area contributed by atoms with Crippen molar-refractivity contribution >= 4 is 45.2 Å². The minimum absolute atomic E-state index is 0.188. The molecule has 1 amide bonds. The fourth-order valence-electron chi connectivity index (χ4n) is 7.42. The number of anilines is 3. The van der Waals surface area contributed by atoms with Crippen LogP contribution in [0.25, 0.3) is 39.0 Å². The van der Waals surface area contributed by atoms with E-state index in [0.717, 1.165) is 66.3 Å². The number of aromatic amines is 1. The number of piperazine rings is 1. The third-order valence-corrected chi connectivity index (χ3v) is 10.0.